The molecule has 2 N–H and O–H groups in total. The highest BCUT2D eigenvalue weighted by Crippen LogP contribution is 2.35. The third kappa shape index (κ3) is 4.53. The molecule has 0 spiro atoms. The smallest absolute Gasteiger partial charge is 0.305 e. The maximum absolute atomic E-state index is 13.9. The number of carboxylic acid groups (broad SMARTS) is 1. The van der Waals surface area contributed by atoms with E-state index in [1.165, 1.54) is 14.2 Å². The predicted molar refractivity (Wildman–Crippen MR) is 118 cm³/mol. The number of rotatable bonds is 10. The van der Waals surface area contributed by atoms with Gasteiger partial charge in [-0.1, -0.05) is 43.3 Å². The van der Waals surface area contributed by atoms with Crippen molar-refractivity contribution in [2.45, 2.75) is 44.1 Å². The van der Waals surface area contributed by atoms with E-state index in [0.717, 1.165) is 10.8 Å². The first-order valence-electron chi connectivity index (χ1n) is 10.5. The summed E-state index contributed by atoms with van der Waals surface area (Å²) in [6.45, 7) is 2.40. The Hall–Kier alpha value is -3.11. The van der Waals surface area contributed by atoms with Crippen molar-refractivity contribution in [1.82, 2.24) is 10.3 Å². The Morgan fingerprint density at radius 3 is 2.58 bits per heavy atom. The molecule has 0 saturated heterocycles. The molecule has 0 fully saturated rings. The van der Waals surface area contributed by atoms with E-state index in [9.17, 15) is 19.1 Å². The number of nitrogens with one attached hydrogen (secondary N) is 1. The van der Waals surface area contributed by atoms with E-state index in [0.29, 0.717) is 11.4 Å². The Balaban J connectivity index is 1.92. The number of aromatic nitrogens is 1. The number of pyridine rings is 1. The van der Waals surface area contributed by atoms with Gasteiger partial charge in [-0.3, -0.25) is 14.6 Å². The molecule has 2 heterocycles. The lowest BCUT2D eigenvalue weighted by Crippen LogP contribution is -2.62. The number of amides is 1. The van der Waals surface area contributed by atoms with Crippen molar-refractivity contribution in [3.8, 4) is 0 Å². The van der Waals surface area contributed by atoms with Crippen molar-refractivity contribution in [2.75, 3.05) is 20.9 Å². The lowest BCUT2D eigenvalue weighted by molar-refractivity contribution is -0.236. The highest BCUT2D eigenvalue weighted by Gasteiger charge is 2.52. The Morgan fingerprint density at radius 2 is 1.97 bits per heavy atom. The molecule has 178 valence electrons. The summed E-state index contributed by atoms with van der Waals surface area (Å²) in [6.07, 6.45) is 1.13. The first-order chi connectivity index (χ1) is 15.7. The molecular formula is C23H28FN3O6. The number of hydrogen-bond donors (Lipinski definition) is 2. The molecule has 1 unspecified atom stereocenters. The fourth-order valence-electron chi connectivity index (χ4n) is 3.96. The van der Waals surface area contributed by atoms with E-state index in [2.05, 4.69) is 15.5 Å². The summed E-state index contributed by atoms with van der Waals surface area (Å²) >= 11 is 0. The number of hydrogen-bond acceptors (Lipinski definition) is 7. The molecular weight excluding hydrogens is 433 g/mol. The van der Waals surface area contributed by atoms with Gasteiger partial charge >= 0.3 is 5.97 Å². The maximum atomic E-state index is 13.9. The maximum Gasteiger partial charge on any atom is 0.305 e. The van der Waals surface area contributed by atoms with Crippen LogP contribution in [-0.2, 0) is 23.9 Å². The van der Waals surface area contributed by atoms with E-state index >= 15 is 0 Å². The highest BCUT2D eigenvalue weighted by molar-refractivity contribution is 6.11. The number of halogens is 1. The van der Waals surface area contributed by atoms with Gasteiger partial charge in [-0.05, 0) is 11.5 Å². The number of methoxy groups -OCH3 is 2. The number of carboxylic acids is 1. The lowest BCUT2D eigenvalue weighted by Gasteiger charge is -2.38. The predicted octanol–water partition coefficient (Wildman–Crippen LogP) is 2.67. The minimum Gasteiger partial charge on any atom is -0.481 e. The number of aliphatic carboxylic acids is 1. The van der Waals surface area contributed by atoms with Gasteiger partial charge < -0.3 is 24.7 Å². The molecule has 9 nitrogen and oxygen atoms in total. The molecule has 2 aromatic rings. The molecule has 1 aliphatic rings. The average molecular weight is 461 g/mol. The minimum atomic E-state index is -1.97. The third-order valence-corrected chi connectivity index (χ3v) is 6.11. The molecule has 0 saturated carbocycles. The van der Waals surface area contributed by atoms with Crippen LogP contribution in [0.25, 0.3) is 10.8 Å². The summed E-state index contributed by atoms with van der Waals surface area (Å²) in [7, 11) is 2.36. The molecule has 1 aromatic heterocycles. The van der Waals surface area contributed by atoms with Crippen LogP contribution in [0.3, 0.4) is 0 Å². The van der Waals surface area contributed by atoms with Gasteiger partial charge in [0, 0.05) is 38.1 Å². The van der Waals surface area contributed by atoms with Crippen LogP contribution in [0.5, 0.6) is 0 Å². The van der Waals surface area contributed by atoms with Crippen LogP contribution in [0.4, 0.5) is 4.39 Å². The minimum absolute atomic E-state index is 0.0971. The number of alkyl halides is 1. The Labute approximate surface area is 190 Å². The molecule has 0 bridgehead atoms. The van der Waals surface area contributed by atoms with Crippen LogP contribution < -0.4 is 5.32 Å². The summed E-state index contributed by atoms with van der Waals surface area (Å²) in [5.74, 6) is -4.22. The van der Waals surface area contributed by atoms with Crippen molar-refractivity contribution >= 4 is 28.4 Å². The van der Waals surface area contributed by atoms with Gasteiger partial charge in [-0.15, -0.1) is 0 Å². The number of benzene rings is 1. The van der Waals surface area contributed by atoms with E-state index in [4.69, 9.17) is 14.3 Å². The Bertz CT molecular complexity index is 1040. The van der Waals surface area contributed by atoms with Crippen LogP contribution in [0.1, 0.15) is 32.4 Å². The van der Waals surface area contributed by atoms with Gasteiger partial charge in [-0.2, -0.15) is 0 Å². The number of ether oxygens (including phenoxy) is 2. The average Bonchev–Trinajstić information content (AvgIpc) is 3.27. The highest BCUT2D eigenvalue weighted by atomic mass is 19.1. The molecule has 0 radical (unpaired) electrons. The number of carbonyl (C=O) groups excluding carboxylic acids is 1. The summed E-state index contributed by atoms with van der Waals surface area (Å²) in [4.78, 5) is 35.1. The van der Waals surface area contributed by atoms with Crippen LogP contribution in [-0.4, -0.2) is 66.0 Å². The standard InChI is InChI=1S/C23H28FN3O6/c1-14(2)22(21(30)26-18(11-19(28)29)23(13-24,31-3)32-4)12-17(27-33-22)20-16-8-6-5-7-15(16)9-10-25-20/h5-10,14,18H,11-13H2,1-4H3,(H,26,30)(H,28,29)/t18?,22-/m1/s1. The van der Waals surface area contributed by atoms with Crippen molar-refractivity contribution in [3.63, 3.8) is 0 Å². The fourth-order valence-corrected chi connectivity index (χ4v) is 3.96. The summed E-state index contributed by atoms with van der Waals surface area (Å²) in [6, 6.07) is 8.21. The number of nitrogens with zero attached hydrogens (tertiary/aromatic N) is 2. The number of oxime groups is 1. The van der Waals surface area contributed by atoms with E-state index < -0.39 is 42.4 Å². The largest absolute Gasteiger partial charge is 0.481 e. The van der Waals surface area contributed by atoms with Crippen molar-refractivity contribution in [2.24, 2.45) is 11.1 Å². The molecule has 2 atom stereocenters. The second-order valence-corrected chi connectivity index (χ2v) is 8.21. The molecule has 1 aromatic carbocycles. The lowest BCUT2D eigenvalue weighted by atomic mass is 9.83. The zero-order chi connectivity index (χ0) is 24.2. The van der Waals surface area contributed by atoms with Gasteiger partial charge in [0.2, 0.25) is 11.4 Å². The van der Waals surface area contributed by atoms with Crippen LogP contribution >= 0.6 is 0 Å². The molecule has 33 heavy (non-hydrogen) atoms. The normalized spacial score (nSPS) is 19.3. The zero-order valence-electron chi connectivity index (χ0n) is 19.0. The summed E-state index contributed by atoms with van der Waals surface area (Å²) in [5.41, 5.74) is -0.369. The summed E-state index contributed by atoms with van der Waals surface area (Å²) < 4.78 is 24.2. The monoisotopic (exact) mass is 461 g/mol. The number of fused-ring (bicyclic) bond motifs is 1. The second-order valence-electron chi connectivity index (χ2n) is 8.21. The third-order valence-electron chi connectivity index (χ3n) is 6.11. The summed E-state index contributed by atoms with van der Waals surface area (Å²) in [5, 5.41) is 17.9. The van der Waals surface area contributed by atoms with Crippen LogP contribution in [0.15, 0.2) is 41.7 Å². The van der Waals surface area contributed by atoms with Gasteiger partial charge in [0.1, 0.15) is 12.4 Å². The van der Waals surface area contributed by atoms with Gasteiger partial charge in [0.15, 0.2) is 0 Å². The van der Waals surface area contributed by atoms with Gasteiger partial charge in [-0.25, -0.2) is 4.39 Å². The molecule has 1 aliphatic heterocycles. The molecule has 1 amide bonds. The van der Waals surface area contributed by atoms with Crippen molar-refractivity contribution in [3.05, 3.63) is 42.2 Å². The van der Waals surface area contributed by atoms with Crippen LogP contribution in [0.2, 0.25) is 0 Å². The van der Waals surface area contributed by atoms with E-state index in [-0.39, 0.29) is 12.3 Å². The zero-order valence-corrected chi connectivity index (χ0v) is 19.0. The fraction of sp³-hybridized carbons (Fsp3) is 0.478. The topological polar surface area (TPSA) is 119 Å². The van der Waals surface area contributed by atoms with E-state index in [1.807, 2.05) is 30.3 Å². The second kappa shape index (κ2) is 9.80. The van der Waals surface area contributed by atoms with Gasteiger partial charge in [0.25, 0.3) is 5.91 Å². The molecule has 0 aliphatic carbocycles. The van der Waals surface area contributed by atoms with Gasteiger partial charge in [0.05, 0.1) is 18.2 Å². The van der Waals surface area contributed by atoms with Crippen molar-refractivity contribution in [1.29, 1.82) is 0 Å². The molecule has 3 rings (SSSR count). The first kappa shape index (κ1) is 24.5. The van der Waals surface area contributed by atoms with Crippen molar-refractivity contribution < 1.29 is 33.4 Å². The Morgan fingerprint density at radius 1 is 1.27 bits per heavy atom. The quantitative estimate of drug-likeness (QED) is 0.522. The first-order valence-corrected chi connectivity index (χ1v) is 10.5. The van der Waals surface area contributed by atoms with Crippen LogP contribution in [0, 0.1) is 5.92 Å². The Kier molecular flexibility index (Phi) is 7.28. The molecule has 10 heteroatoms. The van der Waals surface area contributed by atoms with E-state index in [1.54, 1.807) is 20.0 Å². The number of carbonyl (C=O) groups is 2. The SMILES string of the molecule is COC(CF)(OC)C(CC(=O)O)NC(=O)[C@]1(C(C)C)CC(c2nccc3ccccc23)=NO1.